The maximum absolute atomic E-state index is 4.55. The van der Waals surface area contributed by atoms with Gasteiger partial charge in [0, 0.05) is 12.4 Å². The van der Waals surface area contributed by atoms with Gasteiger partial charge < -0.3 is 0 Å². The average molecular weight is 366 g/mol. The molecule has 17 heavy (non-hydrogen) atoms. The zero-order valence-electron chi connectivity index (χ0n) is 11.3. The lowest BCUT2D eigenvalue weighted by molar-refractivity contribution is 0.263. The average Bonchev–Trinajstić information content (AvgIpc) is 2.49. The number of nitrogens with zero attached hydrogens (tertiary/aromatic N) is 2. The standard InChI is InChI=1S/C13H22Br2N2/c1-6-10-12(15)11(17(5)16-10)7-9(8-14)13(2,3)4/h9H,6-8H2,1-5H3. The summed E-state index contributed by atoms with van der Waals surface area (Å²) >= 11 is 7.33. The van der Waals surface area contributed by atoms with E-state index in [1.807, 2.05) is 11.7 Å². The molecule has 1 atom stereocenters. The van der Waals surface area contributed by atoms with Crippen molar-refractivity contribution in [3.8, 4) is 0 Å². The summed E-state index contributed by atoms with van der Waals surface area (Å²) < 4.78 is 3.21. The molecule has 0 aliphatic heterocycles. The zero-order valence-corrected chi connectivity index (χ0v) is 14.5. The van der Waals surface area contributed by atoms with Gasteiger partial charge in [0.1, 0.15) is 0 Å². The molecule has 4 heteroatoms. The molecule has 2 nitrogen and oxygen atoms in total. The van der Waals surface area contributed by atoms with E-state index in [0.29, 0.717) is 11.3 Å². The minimum absolute atomic E-state index is 0.305. The normalized spacial score (nSPS) is 14.1. The highest BCUT2D eigenvalue weighted by atomic mass is 79.9. The van der Waals surface area contributed by atoms with Crippen LogP contribution in [-0.4, -0.2) is 15.1 Å². The lowest BCUT2D eigenvalue weighted by Gasteiger charge is -2.29. The zero-order chi connectivity index (χ0) is 13.2. The van der Waals surface area contributed by atoms with Crippen molar-refractivity contribution in [2.24, 2.45) is 18.4 Å². The summed E-state index contributed by atoms with van der Waals surface area (Å²) in [5.41, 5.74) is 2.77. The van der Waals surface area contributed by atoms with Crippen molar-refractivity contribution < 1.29 is 0 Å². The molecule has 0 saturated heterocycles. The Morgan fingerprint density at radius 2 is 1.94 bits per heavy atom. The first kappa shape index (κ1) is 15.2. The Balaban J connectivity index is 2.98. The molecule has 0 N–H and O–H groups in total. The van der Waals surface area contributed by atoms with Gasteiger partial charge in [-0.1, -0.05) is 43.6 Å². The monoisotopic (exact) mass is 364 g/mol. The van der Waals surface area contributed by atoms with Crippen molar-refractivity contribution in [1.29, 1.82) is 0 Å². The predicted molar refractivity (Wildman–Crippen MR) is 80.7 cm³/mol. The predicted octanol–water partition coefficient (Wildman–Crippen LogP) is 4.34. The number of aryl methyl sites for hydroxylation is 2. The van der Waals surface area contributed by atoms with Crippen LogP contribution in [0.15, 0.2) is 4.47 Å². The van der Waals surface area contributed by atoms with Crippen molar-refractivity contribution in [2.45, 2.75) is 40.5 Å². The Bertz CT molecular complexity index is 378. The highest BCUT2D eigenvalue weighted by Crippen LogP contribution is 2.33. The molecule has 0 spiro atoms. The third-order valence-electron chi connectivity index (χ3n) is 3.35. The molecule has 1 heterocycles. The molecule has 1 unspecified atom stereocenters. The van der Waals surface area contributed by atoms with Gasteiger partial charge in [-0.2, -0.15) is 5.10 Å². The van der Waals surface area contributed by atoms with Crippen molar-refractivity contribution >= 4 is 31.9 Å². The Hall–Kier alpha value is 0.170. The fraction of sp³-hybridized carbons (Fsp3) is 0.769. The van der Waals surface area contributed by atoms with Crippen LogP contribution in [0.5, 0.6) is 0 Å². The summed E-state index contributed by atoms with van der Waals surface area (Å²) in [7, 11) is 2.03. The van der Waals surface area contributed by atoms with Gasteiger partial charge in [-0.15, -0.1) is 0 Å². The van der Waals surface area contributed by atoms with Gasteiger partial charge in [0.2, 0.25) is 0 Å². The summed E-state index contributed by atoms with van der Waals surface area (Å²) in [5.74, 6) is 0.610. The number of hydrogen-bond acceptors (Lipinski definition) is 1. The second-order valence-corrected chi connectivity index (χ2v) is 7.05. The van der Waals surface area contributed by atoms with Gasteiger partial charge in [0.05, 0.1) is 15.9 Å². The van der Waals surface area contributed by atoms with Crippen molar-refractivity contribution in [1.82, 2.24) is 9.78 Å². The largest absolute Gasteiger partial charge is 0.271 e. The number of aromatic nitrogens is 2. The minimum Gasteiger partial charge on any atom is -0.271 e. The van der Waals surface area contributed by atoms with Gasteiger partial charge in [-0.3, -0.25) is 4.68 Å². The molecule has 0 amide bonds. The Morgan fingerprint density at radius 3 is 2.29 bits per heavy atom. The van der Waals surface area contributed by atoms with Crippen LogP contribution in [0.25, 0.3) is 0 Å². The van der Waals surface area contributed by atoms with E-state index in [2.05, 4.69) is 64.7 Å². The fourth-order valence-electron chi connectivity index (χ4n) is 1.87. The summed E-state index contributed by atoms with van der Waals surface area (Å²) in [5, 5.41) is 5.58. The SMILES string of the molecule is CCc1nn(C)c(CC(CBr)C(C)(C)C)c1Br. The molecule has 0 aromatic carbocycles. The number of rotatable bonds is 4. The minimum atomic E-state index is 0.305. The quantitative estimate of drug-likeness (QED) is 0.725. The molecule has 1 rings (SSSR count). The molecule has 0 radical (unpaired) electrons. The van der Waals surface area contributed by atoms with E-state index < -0.39 is 0 Å². The lowest BCUT2D eigenvalue weighted by atomic mass is 9.79. The van der Waals surface area contributed by atoms with Gasteiger partial charge in [0.25, 0.3) is 0 Å². The van der Waals surface area contributed by atoms with E-state index in [0.717, 1.165) is 23.9 Å². The molecule has 0 fully saturated rings. The van der Waals surface area contributed by atoms with Crippen molar-refractivity contribution in [3.63, 3.8) is 0 Å². The molecular weight excluding hydrogens is 344 g/mol. The fourth-order valence-corrected chi connectivity index (χ4v) is 3.85. The summed E-state index contributed by atoms with van der Waals surface area (Å²) in [6, 6.07) is 0. The number of halogens is 2. The van der Waals surface area contributed by atoms with E-state index in [1.165, 1.54) is 10.2 Å². The smallest absolute Gasteiger partial charge is 0.0766 e. The highest BCUT2D eigenvalue weighted by molar-refractivity contribution is 9.10. The van der Waals surface area contributed by atoms with Crippen LogP contribution in [-0.2, 0) is 19.9 Å². The van der Waals surface area contributed by atoms with E-state index in [4.69, 9.17) is 0 Å². The van der Waals surface area contributed by atoms with Crippen LogP contribution in [0, 0.1) is 11.3 Å². The van der Waals surface area contributed by atoms with E-state index in [-0.39, 0.29) is 0 Å². The van der Waals surface area contributed by atoms with Gasteiger partial charge in [-0.05, 0) is 40.1 Å². The summed E-state index contributed by atoms with van der Waals surface area (Å²) in [6.45, 7) is 9.03. The maximum atomic E-state index is 4.55. The van der Waals surface area contributed by atoms with E-state index in [9.17, 15) is 0 Å². The first-order valence-electron chi connectivity index (χ1n) is 6.07. The van der Waals surface area contributed by atoms with Crippen molar-refractivity contribution in [3.05, 3.63) is 15.9 Å². The summed E-state index contributed by atoms with van der Waals surface area (Å²) in [6.07, 6.45) is 2.03. The second-order valence-electron chi connectivity index (χ2n) is 5.61. The van der Waals surface area contributed by atoms with Crippen LogP contribution in [0.1, 0.15) is 39.1 Å². The lowest BCUT2D eigenvalue weighted by Crippen LogP contribution is -2.25. The molecule has 0 saturated carbocycles. The molecule has 0 aliphatic rings. The molecular formula is C13H22Br2N2. The molecule has 0 aliphatic carbocycles. The molecule has 0 bridgehead atoms. The molecule has 1 aromatic heterocycles. The Morgan fingerprint density at radius 1 is 1.35 bits per heavy atom. The van der Waals surface area contributed by atoms with Crippen LogP contribution in [0.4, 0.5) is 0 Å². The van der Waals surface area contributed by atoms with E-state index in [1.54, 1.807) is 0 Å². The van der Waals surface area contributed by atoms with Crippen LogP contribution in [0.3, 0.4) is 0 Å². The van der Waals surface area contributed by atoms with E-state index >= 15 is 0 Å². The highest BCUT2D eigenvalue weighted by Gasteiger charge is 2.26. The maximum Gasteiger partial charge on any atom is 0.0766 e. The van der Waals surface area contributed by atoms with Crippen LogP contribution in [0.2, 0.25) is 0 Å². The van der Waals surface area contributed by atoms with Gasteiger partial charge >= 0.3 is 0 Å². The first-order valence-corrected chi connectivity index (χ1v) is 7.98. The first-order chi connectivity index (χ1) is 7.81. The Labute approximate surface area is 121 Å². The van der Waals surface area contributed by atoms with Crippen LogP contribution < -0.4 is 0 Å². The number of alkyl halides is 1. The van der Waals surface area contributed by atoms with Crippen molar-refractivity contribution in [2.75, 3.05) is 5.33 Å². The topological polar surface area (TPSA) is 17.8 Å². The third-order valence-corrected chi connectivity index (χ3v) is 5.05. The second kappa shape index (κ2) is 5.87. The molecule has 98 valence electrons. The number of hydrogen-bond donors (Lipinski definition) is 0. The Kier molecular flexibility index (Phi) is 5.26. The molecule has 1 aromatic rings. The van der Waals surface area contributed by atoms with Gasteiger partial charge in [0.15, 0.2) is 0 Å². The third kappa shape index (κ3) is 3.57. The summed E-state index contributed by atoms with van der Waals surface area (Å²) in [4.78, 5) is 0. The van der Waals surface area contributed by atoms with Gasteiger partial charge in [-0.25, -0.2) is 0 Å². The van der Waals surface area contributed by atoms with Crippen LogP contribution >= 0.6 is 31.9 Å².